The second-order valence-corrected chi connectivity index (χ2v) is 5.25. The van der Waals surface area contributed by atoms with Crippen molar-refractivity contribution in [2.75, 3.05) is 0 Å². The molecule has 2 unspecified atom stereocenters. The van der Waals surface area contributed by atoms with E-state index in [0.717, 1.165) is 5.56 Å². The van der Waals surface area contributed by atoms with E-state index in [0.29, 0.717) is 11.4 Å². The number of rotatable bonds is 2. The lowest BCUT2D eigenvalue weighted by atomic mass is 9.88. The topological polar surface area (TPSA) is 29.1 Å². The van der Waals surface area contributed by atoms with E-state index in [9.17, 15) is 4.79 Å². The molecule has 19 heavy (non-hydrogen) atoms. The highest BCUT2D eigenvalue weighted by Crippen LogP contribution is 2.38. The molecule has 1 amide bonds. The Morgan fingerprint density at radius 1 is 0.947 bits per heavy atom. The van der Waals surface area contributed by atoms with E-state index in [1.807, 2.05) is 42.5 Å². The summed E-state index contributed by atoms with van der Waals surface area (Å²) in [4.78, 5) is 11.7. The Balaban J connectivity index is 1.95. The van der Waals surface area contributed by atoms with Crippen LogP contribution in [0.5, 0.6) is 0 Å². The van der Waals surface area contributed by atoms with Crippen molar-refractivity contribution in [3.8, 4) is 0 Å². The molecule has 2 atom stereocenters. The minimum absolute atomic E-state index is 0.0344. The Labute approximate surface area is 117 Å². The molecule has 3 heteroatoms. The van der Waals surface area contributed by atoms with Crippen molar-refractivity contribution in [2.45, 2.75) is 18.4 Å². The molecule has 0 radical (unpaired) electrons. The SMILES string of the molecule is O=C1CC(c2ccccc2)C(c2ccc(Cl)cc2)N1. The molecule has 2 aromatic rings. The van der Waals surface area contributed by atoms with Gasteiger partial charge in [0, 0.05) is 17.4 Å². The molecule has 0 saturated carbocycles. The van der Waals surface area contributed by atoms with Gasteiger partial charge in [0.15, 0.2) is 0 Å². The average molecular weight is 272 g/mol. The summed E-state index contributed by atoms with van der Waals surface area (Å²) in [5, 5.41) is 3.77. The average Bonchev–Trinajstić information content (AvgIpc) is 2.83. The van der Waals surface area contributed by atoms with Gasteiger partial charge in [-0.3, -0.25) is 4.79 Å². The molecule has 1 N–H and O–H groups in total. The first kappa shape index (κ1) is 12.2. The highest BCUT2D eigenvalue weighted by molar-refractivity contribution is 6.30. The zero-order valence-electron chi connectivity index (χ0n) is 10.3. The summed E-state index contributed by atoms with van der Waals surface area (Å²) in [5.41, 5.74) is 2.30. The molecule has 2 aromatic carbocycles. The van der Waals surface area contributed by atoms with Crippen LogP contribution in [-0.2, 0) is 4.79 Å². The molecular formula is C16H14ClNO. The van der Waals surface area contributed by atoms with Crippen LogP contribution >= 0.6 is 11.6 Å². The normalized spacial score (nSPS) is 22.3. The second-order valence-electron chi connectivity index (χ2n) is 4.82. The Morgan fingerprint density at radius 3 is 2.32 bits per heavy atom. The van der Waals surface area contributed by atoms with Crippen molar-refractivity contribution in [3.05, 3.63) is 70.7 Å². The second kappa shape index (κ2) is 5.06. The Bertz CT molecular complexity index is 579. The van der Waals surface area contributed by atoms with E-state index in [1.54, 1.807) is 0 Å². The van der Waals surface area contributed by atoms with Crippen LogP contribution < -0.4 is 5.32 Å². The first-order valence-corrected chi connectivity index (χ1v) is 6.71. The van der Waals surface area contributed by atoms with E-state index < -0.39 is 0 Å². The number of halogens is 1. The van der Waals surface area contributed by atoms with Crippen molar-refractivity contribution < 1.29 is 4.79 Å². The Morgan fingerprint density at radius 2 is 1.63 bits per heavy atom. The number of amides is 1. The zero-order valence-corrected chi connectivity index (χ0v) is 11.1. The molecule has 0 bridgehead atoms. The van der Waals surface area contributed by atoms with Crippen LogP contribution in [0.3, 0.4) is 0 Å². The number of hydrogen-bond donors (Lipinski definition) is 1. The fourth-order valence-electron chi connectivity index (χ4n) is 2.65. The number of nitrogens with one attached hydrogen (secondary N) is 1. The number of carbonyl (C=O) groups is 1. The van der Waals surface area contributed by atoms with Gasteiger partial charge in [-0.05, 0) is 23.3 Å². The van der Waals surface area contributed by atoms with Crippen LogP contribution in [0.4, 0.5) is 0 Å². The largest absolute Gasteiger partial charge is 0.349 e. The molecule has 1 aliphatic rings. The number of hydrogen-bond acceptors (Lipinski definition) is 1. The lowest BCUT2D eigenvalue weighted by Gasteiger charge is -2.19. The summed E-state index contributed by atoms with van der Waals surface area (Å²) in [6.45, 7) is 0. The highest BCUT2D eigenvalue weighted by atomic mass is 35.5. The lowest BCUT2D eigenvalue weighted by Crippen LogP contribution is -2.20. The monoisotopic (exact) mass is 271 g/mol. The minimum atomic E-state index is 0.0344. The summed E-state index contributed by atoms with van der Waals surface area (Å²) >= 11 is 5.91. The minimum Gasteiger partial charge on any atom is -0.349 e. The van der Waals surface area contributed by atoms with Gasteiger partial charge in [0.25, 0.3) is 0 Å². The van der Waals surface area contributed by atoms with E-state index in [-0.39, 0.29) is 17.9 Å². The third-order valence-electron chi connectivity index (χ3n) is 3.58. The molecule has 0 aliphatic carbocycles. The van der Waals surface area contributed by atoms with Crippen LogP contribution in [0.15, 0.2) is 54.6 Å². The fourth-order valence-corrected chi connectivity index (χ4v) is 2.77. The number of carbonyl (C=O) groups excluding carboxylic acids is 1. The molecule has 1 saturated heterocycles. The maximum atomic E-state index is 11.7. The van der Waals surface area contributed by atoms with E-state index in [4.69, 9.17) is 11.6 Å². The Hall–Kier alpha value is -1.80. The first-order chi connectivity index (χ1) is 9.24. The molecule has 1 aliphatic heterocycles. The molecule has 1 heterocycles. The molecule has 96 valence electrons. The van der Waals surface area contributed by atoms with Gasteiger partial charge in [0.1, 0.15) is 0 Å². The third kappa shape index (κ3) is 2.49. The zero-order chi connectivity index (χ0) is 13.2. The van der Waals surface area contributed by atoms with E-state index in [1.165, 1.54) is 5.56 Å². The fraction of sp³-hybridized carbons (Fsp3) is 0.188. The van der Waals surface area contributed by atoms with Crippen molar-refractivity contribution in [3.63, 3.8) is 0 Å². The van der Waals surface area contributed by atoms with Gasteiger partial charge in [0.2, 0.25) is 5.91 Å². The summed E-state index contributed by atoms with van der Waals surface area (Å²) in [6.07, 6.45) is 0.539. The molecular weight excluding hydrogens is 258 g/mol. The molecule has 3 rings (SSSR count). The van der Waals surface area contributed by atoms with Gasteiger partial charge in [0.05, 0.1) is 6.04 Å². The maximum absolute atomic E-state index is 11.7. The van der Waals surface area contributed by atoms with Gasteiger partial charge in [-0.1, -0.05) is 54.1 Å². The molecule has 2 nitrogen and oxygen atoms in total. The van der Waals surface area contributed by atoms with E-state index in [2.05, 4.69) is 17.4 Å². The number of benzene rings is 2. The van der Waals surface area contributed by atoms with Gasteiger partial charge in [-0.25, -0.2) is 0 Å². The summed E-state index contributed by atoms with van der Waals surface area (Å²) < 4.78 is 0. The Kier molecular flexibility index (Phi) is 3.26. The summed E-state index contributed by atoms with van der Waals surface area (Å²) in [6, 6.07) is 17.9. The van der Waals surface area contributed by atoms with Crippen molar-refractivity contribution in [1.82, 2.24) is 5.32 Å². The van der Waals surface area contributed by atoms with Crippen molar-refractivity contribution in [2.24, 2.45) is 0 Å². The molecule has 1 fully saturated rings. The van der Waals surface area contributed by atoms with Gasteiger partial charge in [-0.2, -0.15) is 0 Å². The van der Waals surface area contributed by atoms with Crippen LogP contribution in [-0.4, -0.2) is 5.91 Å². The molecule has 0 aromatic heterocycles. The predicted molar refractivity (Wildman–Crippen MR) is 76.1 cm³/mol. The van der Waals surface area contributed by atoms with Gasteiger partial charge in [-0.15, -0.1) is 0 Å². The summed E-state index contributed by atoms with van der Waals surface area (Å²) in [5.74, 6) is 0.295. The van der Waals surface area contributed by atoms with Crippen LogP contribution in [0, 0.1) is 0 Å². The third-order valence-corrected chi connectivity index (χ3v) is 3.83. The van der Waals surface area contributed by atoms with Gasteiger partial charge >= 0.3 is 0 Å². The van der Waals surface area contributed by atoms with Crippen molar-refractivity contribution >= 4 is 17.5 Å². The van der Waals surface area contributed by atoms with Crippen LogP contribution in [0.1, 0.15) is 29.5 Å². The van der Waals surface area contributed by atoms with Crippen LogP contribution in [0.2, 0.25) is 5.02 Å². The smallest absolute Gasteiger partial charge is 0.221 e. The standard InChI is InChI=1S/C16H14ClNO/c17-13-8-6-12(7-9-13)16-14(10-15(19)18-16)11-4-2-1-3-5-11/h1-9,14,16H,10H2,(H,18,19). The van der Waals surface area contributed by atoms with Crippen molar-refractivity contribution in [1.29, 1.82) is 0 Å². The van der Waals surface area contributed by atoms with Gasteiger partial charge < -0.3 is 5.32 Å². The van der Waals surface area contributed by atoms with Crippen LogP contribution in [0.25, 0.3) is 0 Å². The lowest BCUT2D eigenvalue weighted by molar-refractivity contribution is -0.119. The summed E-state index contributed by atoms with van der Waals surface area (Å²) in [7, 11) is 0. The quantitative estimate of drug-likeness (QED) is 0.887. The molecule has 0 spiro atoms. The maximum Gasteiger partial charge on any atom is 0.221 e. The first-order valence-electron chi connectivity index (χ1n) is 6.34. The van der Waals surface area contributed by atoms with E-state index >= 15 is 0 Å². The highest BCUT2D eigenvalue weighted by Gasteiger charge is 2.34. The predicted octanol–water partition coefficient (Wildman–Crippen LogP) is 3.68.